The highest BCUT2D eigenvalue weighted by Gasteiger charge is 2.26. The van der Waals surface area contributed by atoms with Gasteiger partial charge in [0.05, 0.1) is 10.6 Å². The Hall–Kier alpha value is -1.26. The average Bonchev–Trinajstić information content (AvgIpc) is 2.92. The topological polar surface area (TPSA) is 75.3 Å². The Kier molecular flexibility index (Phi) is 4.66. The summed E-state index contributed by atoms with van der Waals surface area (Å²) in [5.41, 5.74) is 6.04. The molecule has 1 fully saturated rings. The number of aromatic hydroxyl groups is 1. The van der Waals surface area contributed by atoms with E-state index in [-0.39, 0.29) is 23.3 Å². The van der Waals surface area contributed by atoms with Gasteiger partial charge in [0.15, 0.2) is 0 Å². The van der Waals surface area contributed by atoms with Crippen molar-refractivity contribution in [3.63, 3.8) is 0 Å². The summed E-state index contributed by atoms with van der Waals surface area (Å²) in [5, 5.41) is 12.7. The van der Waals surface area contributed by atoms with Crippen molar-refractivity contribution in [3.8, 4) is 5.75 Å². The highest BCUT2D eigenvalue weighted by molar-refractivity contribution is 6.33. The van der Waals surface area contributed by atoms with Crippen LogP contribution in [-0.4, -0.2) is 23.6 Å². The fourth-order valence-electron chi connectivity index (χ4n) is 2.66. The van der Waals surface area contributed by atoms with Crippen LogP contribution < -0.4 is 11.1 Å². The van der Waals surface area contributed by atoms with E-state index in [0.29, 0.717) is 17.5 Å². The molecule has 0 saturated heterocycles. The number of rotatable bonds is 4. The van der Waals surface area contributed by atoms with E-state index in [1.54, 1.807) is 0 Å². The zero-order valence-electron chi connectivity index (χ0n) is 10.7. The lowest BCUT2D eigenvalue weighted by Gasteiger charge is -2.23. The first-order chi connectivity index (χ1) is 9.11. The van der Waals surface area contributed by atoms with E-state index in [2.05, 4.69) is 5.32 Å². The van der Waals surface area contributed by atoms with E-state index in [1.165, 1.54) is 31.0 Å². The summed E-state index contributed by atoms with van der Waals surface area (Å²) in [6.45, 7) is 0.423. The molecular weight excluding hydrogens is 264 g/mol. The molecule has 0 spiro atoms. The van der Waals surface area contributed by atoms with Gasteiger partial charge in [0, 0.05) is 12.6 Å². The van der Waals surface area contributed by atoms with Gasteiger partial charge in [-0.15, -0.1) is 0 Å². The number of amides is 1. The van der Waals surface area contributed by atoms with Crippen LogP contribution >= 0.6 is 11.6 Å². The zero-order chi connectivity index (χ0) is 13.8. The van der Waals surface area contributed by atoms with Gasteiger partial charge < -0.3 is 16.2 Å². The maximum atomic E-state index is 12.2. The Bertz CT molecular complexity index is 459. The number of phenols is 1. The molecule has 0 aromatic heterocycles. The van der Waals surface area contributed by atoms with Crippen molar-refractivity contribution in [1.29, 1.82) is 0 Å². The van der Waals surface area contributed by atoms with E-state index >= 15 is 0 Å². The molecule has 0 aliphatic heterocycles. The van der Waals surface area contributed by atoms with Crippen molar-refractivity contribution in [2.75, 3.05) is 6.54 Å². The van der Waals surface area contributed by atoms with Gasteiger partial charge in [0.25, 0.3) is 5.91 Å². The maximum absolute atomic E-state index is 12.2. The third-order valence-electron chi connectivity index (χ3n) is 3.73. The molecular formula is C14H19ClN2O2. The number of hydrogen-bond acceptors (Lipinski definition) is 3. The zero-order valence-corrected chi connectivity index (χ0v) is 11.5. The molecule has 0 bridgehead atoms. The monoisotopic (exact) mass is 282 g/mol. The molecule has 1 atom stereocenters. The Morgan fingerprint density at radius 1 is 1.47 bits per heavy atom. The molecule has 104 valence electrons. The van der Waals surface area contributed by atoms with E-state index in [9.17, 15) is 9.90 Å². The van der Waals surface area contributed by atoms with Crippen LogP contribution in [0.2, 0.25) is 5.02 Å². The summed E-state index contributed by atoms with van der Waals surface area (Å²) in [7, 11) is 0. The van der Waals surface area contributed by atoms with Crippen molar-refractivity contribution in [1.82, 2.24) is 5.32 Å². The normalized spacial score (nSPS) is 17.4. The van der Waals surface area contributed by atoms with Gasteiger partial charge in [0.2, 0.25) is 0 Å². The molecule has 19 heavy (non-hydrogen) atoms. The predicted molar refractivity (Wildman–Crippen MR) is 75.4 cm³/mol. The summed E-state index contributed by atoms with van der Waals surface area (Å²) in [6, 6.07) is 4.32. The van der Waals surface area contributed by atoms with Gasteiger partial charge in [-0.1, -0.05) is 24.4 Å². The number of carbonyl (C=O) groups excluding carboxylic acids is 1. The summed E-state index contributed by atoms with van der Waals surface area (Å²) < 4.78 is 0. The lowest BCUT2D eigenvalue weighted by Crippen LogP contribution is -2.44. The third kappa shape index (κ3) is 3.39. The number of hydrogen-bond donors (Lipinski definition) is 3. The first-order valence-electron chi connectivity index (χ1n) is 6.61. The van der Waals surface area contributed by atoms with Crippen LogP contribution in [0, 0.1) is 5.92 Å². The van der Waals surface area contributed by atoms with Crippen LogP contribution in [0.3, 0.4) is 0 Å². The minimum absolute atomic E-state index is 0.0200. The standard InChI is InChI=1S/C14H19ClN2O2/c15-12-6-5-10(18)7-11(12)14(19)17-13(8-16)9-3-1-2-4-9/h5-7,9,13,18H,1-4,8,16H2,(H,17,19). The van der Waals surface area contributed by atoms with Crippen LogP contribution in [0.4, 0.5) is 0 Å². The van der Waals surface area contributed by atoms with Gasteiger partial charge in [-0.05, 0) is 37.0 Å². The van der Waals surface area contributed by atoms with Crippen molar-refractivity contribution in [2.24, 2.45) is 11.7 Å². The molecule has 0 heterocycles. The van der Waals surface area contributed by atoms with Gasteiger partial charge in [0.1, 0.15) is 5.75 Å². The second kappa shape index (κ2) is 6.26. The van der Waals surface area contributed by atoms with E-state index in [0.717, 1.165) is 12.8 Å². The first-order valence-corrected chi connectivity index (χ1v) is 6.99. The summed E-state index contributed by atoms with van der Waals surface area (Å²) in [5.74, 6) is 0.202. The summed E-state index contributed by atoms with van der Waals surface area (Å²) in [4.78, 5) is 12.2. The molecule has 1 aliphatic carbocycles. The van der Waals surface area contributed by atoms with Crippen LogP contribution in [-0.2, 0) is 0 Å². The number of benzene rings is 1. The van der Waals surface area contributed by atoms with E-state index in [1.807, 2.05) is 0 Å². The quantitative estimate of drug-likeness (QED) is 0.793. The lowest BCUT2D eigenvalue weighted by atomic mass is 9.98. The molecule has 1 amide bonds. The van der Waals surface area contributed by atoms with Crippen LogP contribution in [0.1, 0.15) is 36.0 Å². The second-order valence-corrected chi connectivity index (χ2v) is 5.43. The fraction of sp³-hybridized carbons (Fsp3) is 0.500. The van der Waals surface area contributed by atoms with Crippen molar-refractivity contribution < 1.29 is 9.90 Å². The number of phenolic OH excluding ortho intramolecular Hbond substituents is 1. The fourth-order valence-corrected chi connectivity index (χ4v) is 2.87. The number of nitrogens with one attached hydrogen (secondary N) is 1. The molecule has 5 heteroatoms. The maximum Gasteiger partial charge on any atom is 0.253 e. The Morgan fingerprint density at radius 2 is 2.16 bits per heavy atom. The molecule has 0 radical (unpaired) electrons. The molecule has 2 rings (SSSR count). The molecule has 4 nitrogen and oxygen atoms in total. The number of nitrogens with two attached hydrogens (primary N) is 1. The van der Waals surface area contributed by atoms with Crippen LogP contribution in [0.15, 0.2) is 18.2 Å². The predicted octanol–water partition coefficient (Wildman–Crippen LogP) is 2.29. The molecule has 1 aromatic carbocycles. The number of halogens is 1. The molecule has 1 aliphatic rings. The van der Waals surface area contributed by atoms with Crippen molar-refractivity contribution >= 4 is 17.5 Å². The Labute approximate surface area is 117 Å². The SMILES string of the molecule is NCC(NC(=O)c1cc(O)ccc1Cl)C1CCCC1. The minimum atomic E-state index is -0.275. The average molecular weight is 283 g/mol. The molecule has 1 unspecified atom stereocenters. The highest BCUT2D eigenvalue weighted by atomic mass is 35.5. The van der Waals surface area contributed by atoms with Crippen LogP contribution in [0.5, 0.6) is 5.75 Å². The highest BCUT2D eigenvalue weighted by Crippen LogP contribution is 2.28. The smallest absolute Gasteiger partial charge is 0.253 e. The van der Waals surface area contributed by atoms with Gasteiger partial charge in [-0.25, -0.2) is 0 Å². The van der Waals surface area contributed by atoms with E-state index in [4.69, 9.17) is 17.3 Å². The van der Waals surface area contributed by atoms with Gasteiger partial charge >= 0.3 is 0 Å². The molecule has 1 saturated carbocycles. The Balaban J connectivity index is 2.08. The largest absolute Gasteiger partial charge is 0.508 e. The number of carbonyl (C=O) groups is 1. The van der Waals surface area contributed by atoms with Gasteiger partial charge in [-0.2, -0.15) is 0 Å². The van der Waals surface area contributed by atoms with Crippen molar-refractivity contribution in [2.45, 2.75) is 31.7 Å². The molecule has 1 aromatic rings. The first kappa shape index (κ1) is 14.2. The minimum Gasteiger partial charge on any atom is -0.508 e. The Morgan fingerprint density at radius 3 is 2.79 bits per heavy atom. The third-order valence-corrected chi connectivity index (χ3v) is 4.06. The van der Waals surface area contributed by atoms with Gasteiger partial charge in [-0.3, -0.25) is 4.79 Å². The summed E-state index contributed by atoms with van der Waals surface area (Å²) in [6.07, 6.45) is 4.61. The van der Waals surface area contributed by atoms with Crippen molar-refractivity contribution in [3.05, 3.63) is 28.8 Å². The van der Waals surface area contributed by atoms with E-state index < -0.39 is 0 Å². The lowest BCUT2D eigenvalue weighted by molar-refractivity contribution is 0.0924. The van der Waals surface area contributed by atoms with Crippen LogP contribution in [0.25, 0.3) is 0 Å². The summed E-state index contributed by atoms with van der Waals surface area (Å²) >= 11 is 5.97. The second-order valence-electron chi connectivity index (χ2n) is 5.02. The molecule has 4 N–H and O–H groups in total.